The van der Waals surface area contributed by atoms with E-state index in [0.29, 0.717) is 23.9 Å². The molecular weight excluding hydrogens is 326 g/mol. The number of halogens is 1. The number of nitrogens with one attached hydrogen (secondary N) is 1. The summed E-state index contributed by atoms with van der Waals surface area (Å²) in [6.45, 7) is 4.59. The fourth-order valence-corrected chi connectivity index (χ4v) is 3.80. The molecule has 0 amide bonds. The zero-order valence-corrected chi connectivity index (χ0v) is 14.5. The third-order valence-electron chi connectivity index (χ3n) is 3.89. The lowest BCUT2D eigenvalue weighted by Gasteiger charge is -2.24. The van der Waals surface area contributed by atoms with Crippen molar-refractivity contribution in [1.29, 1.82) is 0 Å². The highest BCUT2D eigenvalue weighted by Gasteiger charge is 2.26. The molecule has 0 saturated carbocycles. The average molecular weight is 348 g/mol. The number of rotatable bonds is 7. The van der Waals surface area contributed by atoms with E-state index in [-0.39, 0.29) is 10.9 Å². The van der Waals surface area contributed by atoms with Crippen LogP contribution in [0.1, 0.15) is 18.4 Å². The van der Waals surface area contributed by atoms with Gasteiger partial charge in [0, 0.05) is 32.4 Å². The average Bonchev–Trinajstić information content (AvgIpc) is 2.93. The van der Waals surface area contributed by atoms with Crippen molar-refractivity contribution in [3.8, 4) is 0 Å². The lowest BCUT2D eigenvalue weighted by Crippen LogP contribution is -2.41. The van der Waals surface area contributed by atoms with Crippen LogP contribution in [0.25, 0.3) is 0 Å². The van der Waals surface area contributed by atoms with Crippen LogP contribution in [0.4, 0.5) is 0 Å². The predicted molar refractivity (Wildman–Crippen MR) is 85.6 cm³/mol. The van der Waals surface area contributed by atoms with Gasteiger partial charge in [0.1, 0.15) is 10.0 Å². The normalized spacial score (nSPS) is 19.7. The largest absolute Gasteiger partial charge is 0.383 e. The Morgan fingerprint density at radius 1 is 1.55 bits per heavy atom. The summed E-state index contributed by atoms with van der Waals surface area (Å²) in [7, 11) is -1.89. The molecule has 2 rings (SSSR count). The van der Waals surface area contributed by atoms with Crippen LogP contribution >= 0.6 is 11.6 Å². The van der Waals surface area contributed by atoms with Gasteiger partial charge in [-0.1, -0.05) is 11.6 Å². The molecule has 0 aromatic carbocycles. The van der Waals surface area contributed by atoms with Gasteiger partial charge in [0.15, 0.2) is 0 Å². The van der Waals surface area contributed by atoms with Gasteiger partial charge in [-0.2, -0.15) is 0 Å². The molecule has 2 heterocycles. The number of aromatic nitrogens is 1. The molecule has 22 heavy (non-hydrogen) atoms. The van der Waals surface area contributed by atoms with Crippen molar-refractivity contribution >= 4 is 21.6 Å². The summed E-state index contributed by atoms with van der Waals surface area (Å²) in [4.78, 5) is 6.31. The molecule has 0 bridgehead atoms. The highest BCUT2D eigenvalue weighted by Crippen LogP contribution is 2.18. The van der Waals surface area contributed by atoms with Crippen molar-refractivity contribution in [2.24, 2.45) is 0 Å². The molecule has 1 N–H and O–H groups in total. The van der Waals surface area contributed by atoms with Gasteiger partial charge in [-0.3, -0.25) is 4.90 Å². The third-order valence-corrected chi connectivity index (χ3v) is 5.68. The van der Waals surface area contributed by atoms with Crippen LogP contribution in [0.5, 0.6) is 0 Å². The van der Waals surface area contributed by atoms with Gasteiger partial charge in [-0.05, 0) is 37.9 Å². The van der Waals surface area contributed by atoms with E-state index in [1.165, 1.54) is 12.3 Å². The summed E-state index contributed by atoms with van der Waals surface area (Å²) < 4.78 is 32.4. The van der Waals surface area contributed by atoms with Crippen LogP contribution in [0.15, 0.2) is 17.2 Å². The van der Waals surface area contributed by atoms with Crippen LogP contribution in [0.2, 0.25) is 5.15 Å². The lowest BCUT2D eigenvalue weighted by molar-refractivity contribution is 0.141. The van der Waals surface area contributed by atoms with E-state index in [1.807, 2.05) is 0 Å². The number of nitrogens with zero attached hydrogens (tertiary/aromatic N) is 2. The van der Waals surface area contributed by atoms with Gasteiger partial charge < -0.3 is 4.74 Å². The molecule has 1 saturated heterocycles. The number of hydrogen-bond donors (Lipinski definition) is 1. The number of aryl methyl sites for hydroxylation is 1. The first-order valence-corrected chi connectivity index (χ1v) is 9.15. The third kappa shape index (κ3) is 4.39. The Morgan fingerprint density at radius 3 is 3.00 bits per heavy atom. The summed E-state index contributed by atoms with van der Waals surface area (Å²) in [5, 5.41) is 0.320. The summed E-state index contributed by atoms with van der Waals surface area (Å²) in [6.07, 6.45) is 3.36. The molecule has 1 aromatic heterocycles. The van der Waals surface area contributed by atoms with E-state index in [2.05, 4.69) is 14.6 Å². The maximum atomic E-state index is 12.3. The first-order chi connectivity index (χ1) is 10.4. The van der Waals surface area contributed by atoms with Crippen LogP contribution in [-0.4, -0.2) is 57.7 Å². The van der Waals surface area contributed by atoms with E-state index >= 15 is 0 Å². The molecule has 6 nitrogen and oxygen atoms in total. The zero-order valence-electron chi connectivity index (χ0n) is 12.9. The van der Waals surface area contributed by atoms with Crippen molar-refractivity contribution < 1.29 is 13.2 Å². The molecule has 1 aromatic rings. The number of methoxy groups -OCH3 is 1. The number of hydrogen-bond acceptors (Lipinski definition) is 5. The van der Waals surface area contributed by atoms with E-state index in [9.17, 15) is 8.42 Å². The molecule has 124 valence electrons. The van der Waals surface area contributed by atoms with Crippen molar-refractivity contribution in [1.82, 2.24) is 14.6 Å². The van der Waals surface area contributed by atoms with Gasteiger partial charge >= 0.3 is 0 Å². The standard InChI is InChI=1S/C14H22ClN3O3S/c1-11-8-13(10-16-14(11)15)22(19,20)17-9-12-4-3-5-18(12)6-7-21-2/h8,10,12,17H,3-7,9H2,1-2H3. The SMILES string of the molecule is COCCN1CCCC1CNS(=O)(=O)c1cnc(Cl)c(C)c1. The number of pyridine rings is 1. The maximum Gasteiger partial charge on any atom is 0.242 e. The molecule has 0 spiro atoms. The van der Waals surface area contributed by atoms with E-state index in [4.69, 9.17) is 16.3 Å². The van der Waals surface area contributed by atoms with Crippen LogP contribution in [-0.2, 0) is 14.8 Å². The molecule has 8 heteroatoms. The summed E-state index contributed by atoms with van der Waals surface area (Å²) >= 11 is 5.83. The molecule has 1 aliphatic heterocycles. The number of ether oxygens (including phenoxy) is 1. The van der Waals surface area contributed by atoms with E-state index < -0.39 is 10.0 Å². The highest BCUT2D eigenvalue weighted by atomic mass is 35.5. The number of likely N-dealkylation sites (tertiary alicyclic amines) is 1. The number of sulfonamides is 1. The fraction of sp³-hybridized carbons (Fsp3) is 0.643. The fourth-order valence-electron chi connectivity index (χ4n) is 2.60. The summed E-state index contributed by atoms with van der Waals surface area (Å²) in [6, 6.07) is 1.75. The Bertz CT molecular complexity index is 609. The molecule has 1 unspecified atom stereocenters. The maximum absolute atomic E-state index is 12.3. The molecule has 1 fully saturated rings. The molecule has 0 radical (unpaired) electrons. The van der Waals surface area contributed by atoms with Crippen molar-refractivity contribution in [2.45, 2.75) is 30.7 Å². The van der Waals surface area contributed by atoms with E-state index in [0.717, 1.165) is 25.9 Å². The topological polar surface area (TPSA) is 71.5 Å². The summed E-state index contributed by atoms with van der Waals surface area (Å²) in [5.41, 5.74) is 0.645. The second-order valence-corrected chi connectivity index (χ2v) is 7.58. The predicted octanol–water partition coefficient (Wildman–Crippen LogP) is 1.43. The summed E-state index contributed by atoms with van der Waals surface area (Å²) in [5.74, 6) is 0. The Labute approximate surface area is 136 Å². The molecule has 0 aliphatic carbocycles. The van der Waals surface area contributed by atoms with Gasteiger partial charge in [-0.15, -0.1) is 0 Å². The quantitative estimate of drug-likeness (QED) is 0.755. The monoisotopic (exact) mass is 347 g/mol. The van der Waals surface area contributed by atoms with Crippen LogP contribution in [0.3, 0.4) is 0 Å². The van der Waals surface area contributed by atoms with Gasteiger partial charge in [0.25, 0.3) is 0 Å². The smallest absolute Gasteiger partial charge is 0.242 e. The molecule has 1 aliphatic rings. The van der Waals surface area contributed by atoms with E-state index in [1.54, 1.807) is 14.0 Å². The van der Waals surface area contributed by atoms with Crippen molar-refractivity contribution in [3.63, 3.8) is 0 Å². The minimum atomic E-state index is -3.56. The van der Waals surface area contributed by atoms with Gasteiger partial charge in [0.2, 0.25) is 10.0 Å². The Kier molecular flexibility index (Phi) is 6.17. The minimum absolute atomic E-state index is 0.149. The Hall–Kier alpha value is -0.730. The van der Waals surface area contributed by atoms with Gasteiger partial charge in [0.05, 0.1) is 6.61 Å². The van der Waals surface area contributed by atoms with Crippen LogP contribution < -0.4 is 4.72 Å². The highest BCUT2D eigenvalue weighted by molar-refractivity contribution is 7.89. The second kappa shape index (κ2) is 7.70. The Balaban J connectivity index is 1.98. The molecular formula is C14H22ClN3O3S. The minimum Gasteiger partial charge on any atom is -0.383 e. The van der Waals surface area contributed by atoms with Gasteiger partial charge in [-0.25, -0.2) is 18.1 Å². The lowest BCUT2D eigenvalue weighted by atomic mass is 10.2. The van der Waals surface area contributed by atoms with Crippen LogP contribution in [0, 0.1) is 6.92 Å². The molecule has 1 atom stereocenters. The first-order valence-electron chi connectivity index (χ1n) is 7.29. The van der Waals surface area contributed by atoms with Crippen molar-refractivity contribution in [3.05, 3.63) is 23.0 Å². The second-order valence-electron chi connectivity index (χ2n) is 5.46. The first kappa shape index (κ1) is 17.6. The Morgan fingerprint density at radius 2 is 2.32 bits per heavy atom. The zero-order chi connectivity index (χ0) is 16.2. The van der Waals surface area contributed by atoms with Crippen molar-refractivity contribution in [2.75, 3.05) is 33.4 Å².